The summed E-state index contributed by atoms with van der Waals surface area (Å²) in [5.41, 5.74) is 0. The van der Waals surface area contributed by atoms with E-state index in [1.165, 1.54) is 4.42 Å². The topological polar surface area (TPSA) is 40.3 Å². The minimum absolute atomic E-state index is 0.415. The van der Waals surface area contributed by atoms with E-state index in [1.54, 1.807) is 0 Å². The fourth-order valence-corrected chi connectivity index (χ4v) is 0.530. The molecule has 1 heterocycles. The van der Waals surface area contributed by atoms with Gasteiger partial charge in [-0.05, 0) is 11.8 Å². The van der Waals surface area contributed by atoms with Gasteiger partial charge >= 0.3 is 5.97 Å². The van der Waals surface area contributed by atoms with Crippen molar-refractivity contribution in [3.63, 3.8) is 0 Å². The van der Waals surface area contributed by atoms with Crippen LogP contribution in [0.2, 0.25) is 0 Å². The van der Waals surface area contributed by atoms with Gasteiger partial charge < -0.3 is 5.11 Å². The van der Waals surface area contributed by atoms with Crippen molar-refractivity contribution in [2.24, 2.45) is 0 Å². The van der Waals surface area contributed by atoms with Crippen molar-refractivity contribution in [1.82, 2.24) is 4.42 Å². The molecule has 0 aromatic carbocycles. The van der Waals surface area contributed by atoms with Gasteiger partial charge in [0.2, 0.25) is 0 Å². The highest BCUT2D eigenvalue weighted by atomic mass is 35.5. The molecule has 1 aliphatic rings. The number of carboxylic acids is 1. The lowest BCUT2D eigenvalue weighted by molar-refractivity contribution is -0.136. The number of hydrogen-bond acceptors (Lipinski definition) is 2. The second-order valence-corrected chi connectivity index (χ2v) is 1.87. The lowest BCUT2D eigenvalue weighted by Crippen LogP contribution is -2.05. The molecule has 0 spiro atoms. The van der Waals surface area contributed by atoms with Crippen molar-refractivity contribution >= 4 is 17.7 Å². The van der Waals surface area contributed by atoms with E-state index in [-0.39, 0.29) is 0 Å². The molecule has 2 atom stereocenters. The van der Waals surface area contributed by atoms with Crippen molar-refractivity contribution in [3.05, 3.63) is 0 Å². The summed E-state index contributed by atoms with van der Waals surface area (Å²) in [6.07, 6.45) is 0. The third kappa shape index (κ3) is 0.838. The molecule has 7 heavy (non-hydrogen) atoms. The van der Waals surface area contributed by atoms with E-state index >= 15 is 0 Å². The Balaban J connectivity index is 2.33. The van der Waals surface area contributed by atoms with E-state index in [4.69, 9.17) is 16.9 Å². The lowest BCUT2D eigenvalue weighted by atomic mass is 10.5. The Hall–Kier alpha value is -0.280. The molecule has 1 saturated heterocycles. The van der Waals surface area contributed by atoms with Crippen molar-refractivity contribution in [3.8, 4) is 0 Å². The average Bonchev–Trinajstić information content (AvgIpc) is 2.17. The molecular weight excluding hydrogens is 117 g/mol. The summed E-state index contributed by atoms with van der Waals surface area (Å²) < 4.78 is 1.24. The summed E-state index contributed by atoms with van der Waals surface area (Å²) in [5.74, 6) is -0.838. The largest absolute Gasteiger partial charge is 0.480 e. The predicted molar refractivity (Wildman–Crippen MR) is 24.0 cm³/mol. The third-order valence-corrected chi connectivity index (χ3v) is 1.21. The summed E-state index contributed by atoms with van der Waals surface area (Å²) in [5, 5.41) is 8.10. The van der Waals surface area contributed by atoms with Crippen LogP contribution >= 0.6 is 11.8 Å². The molecule has 0 amide bonds. The monoisotopic (exact) mass is 121 g/mol. The van der Waals surface area contributed by atoms with Gasteiger partial charge in [0.25, 0.3) is 0 Å². The van der Waals surface area contributed by atoms with Crippen molar-refractivity contribution in [1.29, 1.82) is 0 Å². The maximum atomic E-state index is 9.85. The molecule has 1 N–H and O–H groups in total. The first kappa shape index (κ1) is 4.87. The van der Waals surface area contributed by atoms with Crippen LogP contribution in [0.15, 0.2) is 0 Å². The van der Waals surface area contributed by atoms with Gasteiger partial charge in [0.05, 0.1) is 0 Å². The van der Waals surface area contributed by atoms with Crippen molar-refractivity contribution in [2.75, 3.05) is 6.54 Å². The number of carbonyl (C=O) groups is 1. The van der Waals surface area contributed by atoms with Gasteiger partial charge in [0.15, 0.2) is 0 Å². The Morgan fingerprint density at radius 2 is 2.43 bits per heavy atom. The molecule has 0 aliphatic carbocycles. The zero-order valence-electron chi connectivity index (χ0n) is 3.47. The van der Waals surface area contributed by atoms with Crippen LogP contribution in [0.5, 0.6) is 0 Å². The summed E-state index contributed by atoms with van der Waals surface area (Å²) in [7, 11) is 0. The van der Waals surface area contributed by atoms with E-state index in [1.807, 2.05) is 0 Å². The Morgan fingerprint density at radius 3 is 2.43 bits per heavy atom. The minimum atomic E-state index is -0.838. The van der Waals surface area contributed by atoms with Crippen LogP contribution in [0.3, 0.4) is 0 Å². The van der Waals surface area contributed by atoms with Gasteiger partial charge in [-0.25, -0.2) is 4.42 Å². The highest BCUT2D eigenvalue weighted by Gasteiger charge is 2.39. The first-order chi connectivity index (χ1) is 3.22. The smallest absolute Gasteiger partial charge is 0.323 e. The zero-order chi connectivity index (χ0) is 5.44. The quantitative estimate of drug-likeness (QED) is 0.389. The second-order valence-electron chi connectivity index (χ2n) is 1.44. The first-order valence-electron chi connectivity index (χ1n) is 1.87. The SMILES string of the molecule is O=C(O)[C@@H]1CN1Cl. The van der Waals surface area contributed by atoms with Gasteiger partial charge in [0, 0.05) is 6.54 Å². The summed E-state index contributed by atoms with van der Waals surface area (Å²) in [6.45, 7) is 0.483. The normalized spacial score (nSPS) is 37.9. The molecule has 1 aliphatic heterocycles. The van der Waals surface area contributed by atoms with E-state index in [0.717, 1.165) is 0 Å². The molecule has 1 fully saturated rings. The van der Waals surface area contributed by atoms with Gasteiger partial charge in [0.1, 0.15) is 6.04 Å². The Labute approximate surface area is 45.6 Å². The number of nitrogens with zero attached hydrogens (tertiary/aromatic N) is 1. The Bertz CT molecular complexity index is 105. The molecule has 0 radical (unpaired) electrons. The van der Waals surface area contributed by atoms with E-state index in [0.29, 0.717) is 6.54 Å². The molecule has 1 unspecified atom stereocenters. The minimum Gasteiger partial charge on any atom is -0.480 e. The average molecular weight is 122 g/mol. The Morgan fingerprint density at radius 1 is 2.00 bits per heavy atom. The molecule has 0 bridgehead atoms. The van der Waals surface area contributed by atoms with Gasteiger partial charge in [-0.15, -0.1) is 0 Å². The maximum absolute atomic E-state index is 9.85. The number of rotatable bonds is 1. The zero-order valence-corrected chi connectivity index (χ0v) is 4.22. The van der Waals surface area contributed by atoms with E-state index in [9.17, 15) is 4.79 Å². The summed E-state index contributed by atoms with van der Waals surface area (Å²) in [4.78, 5) is 9.85. The van der Waals surface area contributed by atoms with Crippen LogP contribution in [0.4, 0.5) is 0 Å². The van der Waals surface area contributed by atoms with Crippen molar-refractivity contribution < 1.29 is 9.90 Å². The van der Waals surface area contributed by atoms with Crippen LogP contribution in [-0.4, -0.2) is 28.1 Å². The van der Waals surface area contributed by atoms with E-state index < -0.39 is 12.0 Å². The van der Waals surface area contributed by atoms with Gasteiger partial charge in [-0.3, -0.25) is 4.79 Å². The predicted octanol–water partition coefficient (Wildman–Crippen LogP) is -0.0910. The molecule has 3 nitrogen and oxygen atoms in total. The third-order valence-electron chi connectivity index (χ3n) is 0.837. The van der Waals surface area contributed by atoms with Crippen LogP contribution in [0, 0.1) is 0 Å². The fourth-order valence-electron chi connectivity index (χ4n) is 0.316. The Kier molecular flexibility index (Phi) is 0.938. The number of hydrogen-bond donors (Lipinski definition) is 1. The molecular formula is C3H4ClNO2. The molecule has 4 heteroatoms. The van der Waals surface area contributed by atoms with Crippen LogP contribution in [0.1, 0.15) is 0 Å². The molecule has 1 rings (SSSR count). The van der Waals surface area contributed by atoms with Gasteiger partial charge in [-0.2, -0.15) is 0 Å². The number of halogens is 1. The number of carboxylic acid groups (broad SMARTS) is 1. The fraction of sp³-hybridized carbons (Fsp3) is 0.667. The van der Waals surface area contributed by atoms with Crippen LogP contribution in [-0.2, 0) is 4.79 Å². The molecule has 0 aromatic rings. The summed E-state index contributed by atoms with van der Waals surface area (Å²) >= 11 is 5.20. The maximum Gasteiger partial charge on any atom is 0.323 e. The standard InChI is InChI=1S/C3H4ClNO2/c4-5-1-2(5)3(6)7/h2H,1H2,(H,6,7)/t2-,5?/m0/s1. The van der Waals surface area contributed by atoms with Crippen molar-refractivity contribution in [2.45, 2.75) is 6.04 Å². The molecule has 0 saturated carbocycles. The van der Waals surface area contributed by atoms with Gasteiger partial charge in [-0.1, -0.05) is 0 Å². The molecule has 0 aromatic heterocycles. The lowest BCUT2D eigenvalue weighted by Gasteiger charge is -1.80. The second kappa shape index (κ2) is 1.35. The summed E-state index contributed by atoms with van der Waals surface area (Å²) in [6, 6.07) is -0.415. The highest BCUT2D eigenvalue weighted by molar-refractivity contribution is 6.17. The first-order valence-corrected chi connectivity index (χ1v) is 2.21. The van der Waals surface area contributed by atoms with E-state index in [2.05, 4.69) is 0 Å². The van der Waals surface area contributed by atoms with Crippen LogP contribution < -0.4 is 0 Å². The number of aliphatic carboxylic acids is 1. The highest BCUT2D eigenvalue weighted by Crippen LogP contribution is 2.18. The molecule has 40 valence electrons. The van der Waals surface area contributed by atoms with Crippen LogP contribution in [0.25, 0.3) is 0 Å².